The highest BCUT2D eigenvalue weighted by Crippen LogP contribution is 2.15. The van der Waals surface area contributed by atoms with Crippen molar-refractivity contribution in [2.75, 3.05) is 11.9 Å². The van der Waals surface area contributed by atoms with E-state index in [0.29, 0.717) is 13.0 Å². The van der Waals surface area contributed by atoms with Gasteiger partial charge in [-0.2, -0.15) is 0 Å². The van der Waals surface area contributed by atoms with E-state index in [9.17, 15) is 9.59 Å². The summed E-state index contributed by atoms with van der Waals surface area (Å²) in [5.74, 6) is -0.670. The number of hydrogen-bond acceptors (Lipinski definition) is 2. The monoisotopic (exact) mass is 278 g/mol. The maximum absolute atomic E-state index is 11.8. The highest BCUT2D eigenvalue weighted by Gasteiger charge is 2.09. The number of amides is 2. The second-order valence-electron chi connectivity index (χ2n) is 4.88. The molecule has 5 nitrogen and oxygen atoms in total. The molecule has 0 bridgehead atoms. The van der Waals surface area contributed by atoms with Crippen molar-refractivity contribution >= 4 is 17.7 Å². The summed E-state index contributed by atoms with van der Waals surface area (Å²) in [5, 5.41) is 14.2. The SMILES string of the molecule is CCc1ccccc1NC(=O)NCC(C)CCC(=O)O. The first kappa shape index (κ1) is 16.0. The van der Waals surface area contributed by atoms with Crippen LogP contribution in [0.4, 0.5) is 10.5 Å². The summed E-state index contributed by atoms with van der Waals surface area (Å²) in [6.45, 7) is 4.42. The Morgan fingerprint density at radius 1 is 1.30 bits per heavy atom. The predicted octanol–water partition coefficient (Wildman–Crippen LogP) is 2.87. The molecule has 0 saturated carbocycles. The van der Waals surface area contributed by atoms with Crippen molar-refractivity contribution < 1.29 is 14.7 Å². The zero-order valence-electron chi connectivity index (χ0n) is 12.0. The van der Waals surface area contributed by atoms with Gasteiger partial charge in [-0.3, -0.25) is 4.79 Å². The van der Waals surface area contributed by atoms with E-state index in [2.05, 4.69) is 10.6 Å². The molecular formula is C15H22N2O3. The largest absolute Gasteiger partial charge is 0.481 e. The summed E-state index contributed by atoms with van der Waals surface area (Å²) in [6, 6.07) is 7.41. The molecule has 1 aromatic rings. The van der Waals surface area contributed by atoms with Gasteiger partial charge >= 0.3 is 12.0 Å². The summed E-state index contributed by atoms with van der Waals surface area (Å²) < 4.78 is 0. The molecule has 0 aliphatic rings. The molecule has 0 saturated heterocycles. The number of hydrogen-bond donors (Lipinski definition) is 3. The summed E-state index contributed by atoms with van der Waals surface area (Å²) >= 11 is 0. The van der Waals surface area contributed by atoms with Gasteiger partial charge in [0.15, 0.2) is 0 Å². The highest BCUT2D eigenvalue weighted by molar-refractivity contribution is 5.90. The Labute approximate surface area is 119 Å². The first-order valence-electron chi connectivity index (χ1n) is 6.87. The van der Waals surface area contributed by atoms with Gasteiger partial charge in [0.2, 0.25) is 0 Å². The lowest BCUT2D eigenvalue weighted by molar-refractivity contribution is -0.137. The fraction of sp³-hybridized carbons (Fsp3) is 0.467. The zero-order chi connectivity index (χ0) is 15.0. The molecule has 0 spiro atoms. The minimum Gasteiger partial charge on any atom is -0.481 e. The Balaban J connectivity index is 2.38. The lowest BCUT2D eigenvalue weighted by Gasteiger charge is -2.13. The van der Waals surface area contributed by atoms with E-state index in [4.69, 9.17) is 5.11 Å². The van der Waals surface area contributed by atoms with E-state index in [1.807, 2.05) is 38.1 Å². The van der Waals surface area contributed by atoms with Crippen molar-refractivity contribution in [1.82, 2.24) is 5.32 Å². The molecule has 0 aromatic heterocycles. The smallest absolute Gasteiger partial charge is 0.319 e. The molecule has 1 atom stereocenters. The number of aliphatic carboxylic acids is 1. The van der Waals surface area contributed by atoms with Crippen LogP contribution in [-0.4, -0.2) is 23.7 Å². The normalized spacial score (nSPS) is 11.7. The first-order valence-corrected chi connectivity index (χ1v) is 6.87. The summed E-state index contributed by atoms with van der Waals surface area (Å²) in [5.41, 5.74) is 1.90. The van der Waals surface area contributed by atoms with Crippen molar-refractivity contribution in [2.24, 2.45) is 5.92 Å². The van der Waals surface area contributed by atoms with Crippen LogP contribution in [-0.2, 0) is 11.2 Å². The number of carboxylic acids is 1. The number of urea groups is 1. The Morgan fingerprint density at radius 2 is 2.00 bits per heavy atom. The number of benzene rings is 1. The number of carbonyl (C=O) groups excluding carboxylic acids is 1. The maximum Gasteiger partial charge on any atom is 0.319 e. The molecule has 1 aromatic carbocycles. The van der Waals surface area contributed by atoms with Crippen LogP contribution in [0.2, 0.25) is 0 Å². The molecule has 0 heterocycles. The van der Waals surface area contributed by atoms with Gasteiger partial charge in [-0.05, 0) is 30.4 Å². The lowest BCUT2D eigenvalue weighted by atomic mass is 10.1. The van der Waals surface area contributed by atoms with E-state index < -0.39 is 5.97 Å². The number of rotatable bonds is 7. The number of carboxylic acid groups (broad SMARTS) is 1. The maximum atomic E-state index is 11.8. The standard InChI is InChI=1S/C15H22N2O3/c1-3-12-6-4-5-7-13(12)17-15(20)16-10-11(2)8-9-14(18)19/h4-7,11H,3,8-10H2,1-2H3,(H,18,19)(H2,16,17,20). The third kappa shape index (κ3) is 5.73. The van der Waals surface area contributed by atoms with E-state index in [0.717, 1.165) is 17.7 Å². The summed E-state index contributed by atoms with van der Waals surface area (Å²) in [6.07, 6.45) is 1.54. The van der Waals surface area contributed by atoms with Crippen molar-refractivity contribution in [3.63, 3.8) is 0 Å². The third-order valence-electron chi connectivity index (χ3n) is 3.11. The van der Waals surface area contributed by atoms with Gasteiger partial charge in [0.05, 0.1) is 0 Å². The average Bonchev–Trinajstić information content (AvgIpc) is 2.43. The molecule has 2 amide bonds. The van der Waals surface area contributed by atoms with Crippen LogP contribution < -0.4 is 10.6 Å². The predicted molar refractivity (Wildman–Crippen MR) is 78.9 cm³/mol. The van der Waals surface area contributed by atoms with Crippen molar-refractivity contribution in [3.8, 4) is 0 Å². The van der Waals surface area contributed by atoms with Gasteiger partial charge in [0.25, 0.3) is 0 Å². The molecule has 0 aliphatic carbocycles. The van der Waals surface area contributed by atoms with Crippen LogP contribution in [0.3, 0.4) is 0 Å². The topological polar surface area (TPSA) is 78.4 Å². The van der Waals surface area contributed by atoms with Gasteiger partial charge in [-0.1, -0.05) is 32.0 Å². The molecule has 0 aliphatic heterocycles. The summed E-state index contributed by atoms with van der Waals surface area (Å²) in [7, 11) is 0. The highest BCUT2D eigenvalue weighted by atomic mass is 16.4. The second-order valence-corrected chi connectivity index (χ2v) is 4.88. The first-order chi connectivity index (χ1) is 9.52. The Kier molecular flexibility index (Phi) is 6.56. The van der Waals surface area contributed by atoms with Crippen LogP contribution in [0.15, 0.2) is 24.3 Å². The van der Waals surface area contributed by atoms with E-state index in [1.54, 1.807) is 0 Å². The van der Waals surface area contributed by atoms with Gasteiger partial charge in [-0.25, -0.2) is 4.79 Å². The van der Waals surface area contributed by atoms with Crippen molar-refractivity contribution in [3.05, 3.63) is 29.8 Å². The zero-order valence-corrected chi connectivity index (χ0v) is 12.0. The Hall–Kier alpha value is -2.04. The van der Waals surface area contributed by atoms with E-state index >= 15 is 0 Å². The molecule has 5 heteroatoms. The van der Waals surface area contributed by atoms with Gasteiger partial charge in [0, 0.05) is 18.7 Å². The molecule has 0 radical (unpaired) electrons. The lowest BCUT2D eigenvalue weighted by Crippen LogP contribution is -2.32. The quantitative estimate of drug-likeness (QED) is 0.717. The van der Waals surface area contributed by atoms with E-state index in [1.165, 1.54) is 0 Å². The number of aryl methyl sites for hydroxylation is 1. The molecule has 3 N–H and O–H groups in total. The van der Waals surface area contributed by atoms with Gasteiger partial charge in [-0.15, -0.1) is 0 Å². The number of anilines is 1. The van der Waals surface area contributed by atoms with E-state index in [-0.39, 0.29) is 18.4 Å². The van der Waals surface area contributed by atoms with Crippen LogP contribution >= 0.6 is 0 Å². The van der Waals surface area contributed by atoms with Gasteiger partial charge in [0.1, 0.15) is 0 Å². The van der Waals surface area contributed by atoms with Crippen molar-refractivity contribution in [2.45, 2.75) is 33.1 Å². The summed E-state index contributed by atoms with van der Waals surface area (Å²) in [4.78, 5) is 22.2. The number of para-hydroxylation sites is 1. The van der Waals surface area contributed by atoms with Crippen LogP contribution in [0.5, 0.6) is 0 Å². The molecule has 110 valence electrons. The molecule has 0 fully saturated rings. The van der Waals surface area contributed by atoms with Gasteiger partial charge < -0.3 is 15.7 Å². The van der Waals surface area contributed by atoms with Crippen LogP contribution in [0.25, 0.3) is 0 Å². The van der Waals surface area contributed by atoms with Crippen molar-refractivity contribution in [1.29, 1.82) is 0 Å². The molecular weight excluding hydrogens is 256 g/mol. The van der Waals surface area contributed by atoms with Crippen LogP contribution in [0, 0.1) is 5.92 Å². The Bertz CT molecular complexity index is 460. The average molecular weight is 278 g/mol. The molecule has 1 rings (SSSR count). The molecule has 1 unspecified atom stereocenters. The fourth-order valence-electron chi connectivity index (χ4n) is 1.86. The minimum absolute atomic E-state index is 0.128. The second kappa shape index (κ2) is 8.19. The number of carbonyl (C=O) groups is 2. The minimum atomic E-state index is -0.807. The third-order valence-corrected chi connectivity index (χ3v) is 3.11. The fourth-order valence-corrected chi connectivity index (χ4v) is 1.86. The van der Waals surface area contributed by atoms with Crippen LogP contribution in [0.1, 0.15) is 32.3 Å². The Morgan fingerprint density at radius 3 is 2.65 bits per heavy atom. The number of nitrogens with one attached hydrogen (secondary N) is 2. The molecule has 20 heavy (non-hydrogen) atoms.